The van der Waals surface area contributed by atoms with Gasteiger partial charge in [0.25, 0.3) is 11.5 Å². The summed E-state index contributed by atoms with van der Waals surface area (Å²) in [6.45, 7) is 9.68. The summed E-state index contributed by atoms with van der Waals surface area (Å²) in [6, 6.07) is 12.8. The van der Waals surface area contributed by atoms with Gasteiger partial charge >= 0.3 is 0 Å². The van der Waals surface area contributed by atoms with Gasteiger partial charge in [-0.15, -0.1) is 6.58 Å². The summed E-state index contributed by atoms with van der Waals surface area (Å²) < 4.78 is 8.07. The maximum atomic E-state index is 14.0. The van der Waals surface area contributed by atoms with Gasteiger partial charge in [0.1, 0.15) is 0 Å². The molecule has 1 saturated heterocycles. The number of aromatic nitrogens is 2. The minimum absolute atomic E-state index is 0.101. The van der Waals surface area contributed by atoms with Gasteiger partial charge in [0.15, 0.2) is 13.9 Å². The third-order valence-electron chi connectivity index (χ3n) is 7.54. The predicted molar refractivity (Wildman–Crippen MR) is 137 cm³/mol. The Morgan fingerprint density at radius 1 is 1.23 bits per heavy atom. The van der Waals surface area contributed by atoms with Crippen LogP contribution in [-0.2, 0) is 15.1 Å². The average molecular weight is 494 g/mol. The second-order valence-electron chi connectivity index (χ2n) is 10.1. The number of amides is 1. The molecule has 0 unspecified atom stereocenters. The van der Waals surface area contributed by atoms with Gasteiger partial charge in [0.05, 0.1) is 28.4 Å². The maximum absolute atomic E-state index is 14.0. The van der Waals surface area contributed by atoms with Crippen molar-refractivity contribution in [1.29, 1.82) is 0 Å². The van der Waals surface area contributed by atoms with Gasteiger partial charge in [-0.25, -0.2) is 4.68 Å². The van der Waals surface area contributed by atoms with Crippen molar-refractivity contribution < 1.29 is 19.4 Å². The number of nitrogens with one attached hydrogen (secondary N) is 1. The smallest absolute Gasteiger partial charge is 0.279 e. The zero-order valence-electron chi connectivity index (χ0n) is 20.2. The van der Waals surface area contributed by atoms with Crippen LogP contribution in [0.25, 0.3) is 16.6 Å². The third-order valence-corrected chi connectivity index (χ3v) is 10.0. The zero-order chi connectivity index (χ0) is 25.1. The van der Waals surface area contributed by atoms with Crippen LogP contribution < -0.4 is 10.5 Å². The topological polar surface area (TPSA) is 108 Å². The van der Waals surface area contributed by atoms with E-state index in [0.717, 1.165) is 5.52 Å². The molecule has 2 aromatic carbocycles. The van der Waals surface area contributed by atoms with Crippen LogP contribution in [0.3, 0.4) is 0 Å². The highest BCUT2D eigenvalue weighted by Gasteiger charge is 2.66. The molecule has 2 aliphatic rings. The van der Waals surface area contributed by atoms with Crippen LogP contribution in [0, 0.1) is 5.92 Å². The van der Waals surface area contributed by atoms with Crippen LogP contribution in [0.4, 0.5) is 5.69 Å². The molecule has 3 aromatic rings. The molecule has 4 atom stereocenters. The van der Waals surface area contributed by atoms with Crippen molar-refractivity contribution in [2.24, 2.45) is 5.92 Å². The molecule has 1 fully saturated rings. The fraction of sp³-hybridized carbons (Fsp3) is 0.385. The number of benzene rings is 2. The summed E-state index contributed by atoms with van der Waals surface area (Å²) in [4.78, 5) is 39.9. The van der Waals surface area contributed by atoms with Gasteiger partial charge in [-0.2, -0.15) is 0 Å². The monoisotopic (exact) mass is 493 g/mol. The van der Waals surface area contributed by atoms with E-state index < -0.39 is 20.0 Å². The van der Waals surface area contributed by atoms with Crippen molar-refractivity contribution >= 4 is 30.8 Å². The van der Waals surface area contributed by atoms with Crippen LogP contribution in [0.5, 0.6) is 0 Å². The first-order valence-electron chi connectivity index (χ1n) is 11.9. The lowest BCUT2D eigenvalue weighted by Gasteiger charge is -2.32. The second kappa shape index (κ2) is 8.30. The Kier molecular flexibility index (Phi) is 5.63. The Balaban J connectivity index is 1.72. The van der Waals surface area contributed by atoms with Gasteiger partial charge in [0, 0.05) is 30.2 Å². The van der Waals surface area contributed by atoms with Crippen molar-refractivity contribution in [3.05, 3.63) is 71.0 Å². The number of nitrogens with zero attached hydrogens (tertiary/aromatic N) is 2. The fourth-order valence-electron chi connectivity index (χ4n) is 6.15. The number of hydrogen-bond donors (Lipinski definition) is 3. The number of rotatable bonds is 6. The number of para-hydroxylation sites is 1. The molecular formula is C26H31N3O5Si. The molecule has 35 heavy (non-hydrogen) atoms. The predicted octanol–water partition coefficient (Wildman–Crippen LogP) is 3.03. The molecular weight excluding hydrogens is 462 g/mol. The lowest BCUT2D eigenvalue weighted by molar-refractivity contribution is -0.146. The van der Waals surface area contributed by atoms with Crippen molar-refractivity contribution in [1.82, 2.24) is 9.78 Å². The SMILES string of the molecule is C=CCN1C(=O)[C@]2(O[C@H](CCO)[C@@H]([Si](C)(C)O)[C@@H]2C)c2cc(-n3[nH]c4ccccc4c3=O)ccc21. The number of aliphatic hydroxyl groups is 1. The molecule has 3 N–H and O–H groups in total. The molecule has 0 radical (unpaired) electrons. The molecule has 8 nitrogen and oxygen atoms in total. The minimum Gasteiger partial charge on any atom is -0.432 e. The van der Waals surface area contributed by atoms with E-state index in [9.17, 15) is 19.5 Å². The molecule has 1 spiro atoms. The van der Waals surface area contributed by atoms with Crippen LogP contribution >= 0.6 is 0 Å². The molecule has 0 bridgehead atoms. The first-order chi connectivity index (χ1) is 16.6. The van der Waals surface area contributed by atoms with Crippen LogP contribution in [0.2, 0.25) is 18.6 Å². The molecule has 1 aromatic heterocycles. The first kappa shape index (κ1) is 23.7. The van der Waals surface area contributed by atoms with Crippen molar-refractivity contribution in [2.75, 3.05) is 18.1 Å². The van der Waals surface area contributed by atoms with E-state index >= 15 is 0 Å². The van der Waals surface area contributed by atoms with Crippen molar-refractivity contribution in [3.63, 3.8) is 0 Å². The number of fused-ring (bicyclic) bond motifs is 3. The molecule has 1 amide bonds. The third kappa shape index (κ3) is 3.37. The van der Waals surface area contributed by atoms with Crippen molar-refractivity contribution in [3.8, 4) is 5.69 Å². The van der Waals surface area contributed by atoms with Crippen LogP contribution in [-0.4, -0.2) is 53.2 Å². The highest BCUT2D eigenvalue weighted by molar-refractivity contribution is 6.71. The Bertz CT molecular complexity index is 1370. The lowest BCUT2D eigenvalue weighted by atomic mass is 9.82. The quantitative estimate of drug-likeness (QED) is 0.361. The number of aliphatic hydroxyl groups excluding tert-OH is 1. The number of H-pyrrole nitrogens is 1. The van der Waals surface area contributed by atoms with E-state index in [1.165, 1.54) is 4.68 Å². The number of carbonyl (C=O) groups is 1. The van der Waals surface area contributed by atoms with Gasteiger partial charge in [0.2, 0.25) is 0 Å². The molecule has 3 heterocycles. The van der Waals surface area contributed by atoms with E-state index in [2.05, 4.69) is 11.7 Å². The minimum atomic E-state index is -2.77. The van der Waals surface area contributed by atoms with Crippen LogP contribution in [0.15, 0.2) is 59.9 Å². The van der Waals surface area contributed by atoms with Crippen LogP contribution in [0.1, 0.15) is 18.9 Å². The number of ether oxygens (including phenoxy) is 1. The summed E-state index contributed by atoms with van der Waals surface area (Å²) in [7, 11) is -2.77. The van der Waals surface area contributed by atoms with Crippen molar-refractivity contribution in [2.45, 2.75) is 43.7 Å². The number of aromatic amines is 1. The Labute approximate surface area is 204 Å². The first-order valence-corrected chi connectivity index (χ1v) is 15.0. The normalized spacial score (nSPS) is 26.1. The highest BCUT2D eigenvalue weighted by Crippen LogP contribution is 2.59. The summed E-state index contributed by atoms with van der Waals surface area (Å²) in [5.74, 6) is -0.536. The maximum Gasteiger partial charge on any atom is 0.279 e. The Morgan fingerprint density at radius 3 is 2.63 bits per heavy atom. The standard InChI is InChI=1S/C26H31N3O5Si/c1-5-13-28-21-11-10-17(29-24(31)18-8-6-7-9-20(18)27-29)15-19(21)26(25(28)32)16(2)23(35(3,4)33)22(34-26)12-14-30/h5-11,15-16,22-23,27,30,33H,1,12-14H2,2-4H3/t16-,22+,23-,26+/m0/s1. The summed E-state index contributed by atoms with van der Waals surface area (Å²) in [5.41, 5.74) is 0.937. The Hall–Kier alpha value is -2.98. The Morgan fingerprint density at radius 2 is 1.97 bits per heavy atom. The molecule has 5 rings (SSSR count). The summed E-state index contributed by atoms with van der Waals surface area (Å²) in [5, 5.41) is 13.5. The van der Waals surface area contributed by atoms with E-state index in [0.29, 0.717) is 35.3 Å². The molecule has 9 heteroatoms. The van der Waals surface area contributed by atoms with Gasteiger partial charge < -0.3 is 19.5 Å². The zero-order valence-corrected chi connectivity index (χ0v) is 21.2. The fourth-order valence-corrected chi connectivity index (χ4v) is 8.76. The number of carbonyl (C=O) groups excluding carboxylic acids is 1. The van der Waals surface area contributed by atoms with Gasteiger partial charge in [-0.1, -0.05) is 25.1 Å². The highest BCUT2D eigenvalue weighted by atomic mass is 28.4. The summed E-state index contributed by atoms with van der Waals surface area (Å²) >= 11 is 0. The molecule has 2 aliphatic heterocycles. The van der Waals surface area contributed by atoms with E-state index in [1.807, 2.05) is 56.4 Å². The number of hydrogen-bond acceptors (Lipinski definition) is 5. The van der Waals surface area contributed by atoms with E-state index in [1.54, 1.807) is 17.0 Å². The molecule has 0 aliphatic carbocycles. The summed E-state index contributed by atoms with van der Waals surface area (Å²) in [6.07, 6.45) is 1.55. The molecule has 184 valence electrons. The van der Waals surface area contributed by atoms with E-state index in [4.69, 9.17) is 4.74 Å². The second-order valence-corrected chi connectivity index (χ2v) is 14.1. The molecule has 0 saturated carbocycles. The van der Waals surface area contributed by atoms with E-state index in [-0.39, 0.29) is 29.5 Å². The van der Waals surface area contributed by atoms with Gasteiger partial charge in [-0.3, -0.25) is 14.7 Å². The van der Waals surface area contributed by atoms with Gasteiger partial charge in [-0.05, 0) is 49.8 Å². The largest absolute Gasteiger partial charge is 0.432 e. The number of anilines is 1. The lowest BCUT2D eigenvalue weighted by Crippen LogP contribution is -2.46. The average Bonchev–Trinajstić information content (AvgIpc) is 3.39.